The van der Waals surface area contributed by atoms with Gasteiger partial charge in [0.15, 0.2) is 0 Å². The summed E-state index contributed by atoms with van der Waals surface area (Å²) in [6, 6.07) is -0.966. The van der Waals surface area contributed by atoms with Gasteiger partial charge in [0.05, 0.1) is 6.04 Å². The maximum Gasteiger partial charge on any atom is 0.327 e. The number of nitrogens with zero attached hydrogens (tertiary/aromatic N) is 1. The summed E-state index contributed by atoms with van der Waals surface area (Å²) >= 11 is 1.61. The molecule has 2 unspecified atom stereocenters. The summed E-state index contributed by atoms with van der Waals surface area (Å²) in [6.45, 7) is 5.45. The van der Waals surface area contributed by atoms with Crippen LogP contribution < -0.4 is 10.6 Å². The van der Waals surface area contributed by atoms with E-state index in [4.69, 9.17) is 5.11 Å². The van der Waals surface area contributed by atoms with Gasteiger partial charge in [-0.1, -0.05) is 6.92 Å². The number of carboxylic acid groups (broad SMARTS) is 1. The first-order valence-corrected chi connectivity index (χ1v) is 6.93. The predicted octanol–water partition coefficient (Wildman–Crippen LogP) is 0.945. The zero-order valence-corrected chi connectivity index (χ0v) is 12.1. The lowest BCUT2D eigenvalue weighted by Crippen LogP contribution is -2.46. The van der Waals surface area contributed by atoms with E-state index in [2.05, 4.69) is 22.5 Å². The van der Waals surface area contributed by atoms with Crippen molar-refractivity contribution in [1.82, 2.24) is 15.6 Å². The molecule has 0 radical (unpaired) electrons. The lowest BCUT2D eigenvalue weighted by Gasteiger charge is -2.17. The van der Waals surface area contributed by atoms with Gasteiger partial charge in [0.2, 0.25) is 5.91 Å². The van der Waals surface area contributed by atoms with Crippen LogP contribution in [-0.2, 0) is 16.0 Å². The summed E-state index contributed by atoms with van der Waals surface area (Å²) in [5, 5.41) is 15.4. The third-order valence-corrected chi connectivity index (χ3v) is 3.92. The Morgan fingerprint density at radius 3 is 2.68 bits per heavy atom. The second kappa shape index (κ2) is 7.20. The van der Waals surface area contributed by atoms with Gasteiger partial charge in [-0.25, -0.2) is 9.78 Å². The summed E-state index contributed by atoms with van der Waals surface area (Å²) < 4.78 is 0. The van der Waals surface area contributed by atoms with Crippen LogP contribution in [0.1, 0.15) is 36.7 Å². The molecule has 19 heavy (non-hydrogen) atoms. The summed E-state index contributed by atoms with van der Waals surface area (Å²) in [5.74, 6) is -1.41. The molecule has 2 atom stereocenters. The van der Waals surface area contributed by atoms with Crippen molar-refractivity contribution in [3.63, 3.8) is 0 Å². The molecule has 0 saturated heterocycles. The Morgan fingerprint density at radius 2 is 2.21 bits per heavy atom. The van der Waals surface area contributed by atoms with Gasteiger partial charge in [0.1, 0.15) is 11.0 Å². The number of aliphatic carboxylic acids is 1. The second-order valence-electron chi connectivity index (χ2n) is 4.24. The highest BCUT2D eigenvalue weighted by atomic mass is 32.1. The van der Waals surface area contributed by atoms with Crippen molar-refractivity contribution in [1.29, 1.82) is 0 Å². The molecule has 3 N–H and O–H groups in total. The van der Waals surface area contributed by atoms with E-state index in [1.54, 1.807) is 11.3 Å². The summed E-state index contributed by atoms with van der Waals surface area (Å²) in [4.78, 5) is 27.4. The van der Waals surface area contributed by atoms with Crippen molar-refractivity contribution < 1.29 is 14.7 Å². The standard InChI is InChI=1S/C12H19N3O3S/c1-4-9-5-14-11(19-9)7(2)13-6-10(12(17)18)15-8(3)16/h5,7,10,13H,4,6H2,1-3H3,(H,15,16)(H,17,18). The highest BCUT2D eigenvalue weighted by molar-refractivity contribution is 7.11. The van der Waals surface area contributed by atoms with E-state index >= 15 is 0 Å². The Labute approximate surface area is 116 Å². The quantitative estimate of drug-likeness (QED) is 0.693. The van der Waals surface area contributed by atoms with E-state index in [1.165, 1.54) is 11.8 Å². The van der Waals surface area contributed by atoms with Crippen LogP contribution in [-0.4, -0.2) is 34.6 Å². The third-order valence-electron chi connectivity index (χ3n) is 2.59. The van der Waals surface area contributed by atoms with Crippen LogP contribution in [0.15, 0.2) is 6.20 Å². The van der Waals surface area contributed by atoms with Crippen molar-refractivity contribution in [3.8, 4) is 0 Å². The highest BCUT2D eigenvalue weighted by Gasteiger charge is 2.19. The lowest BCUT2D eigenvalue weighted by molar-refractivity contribution is -0.141. The number of hydrogen-bond acceptors (Lipinski definition) is 5. The minimum atomic E-state index is -1.05. The van der Waals surface area contributed by atoms with Gasteiger partial charge in [-0.3, -0.25) is 4.79 Å². The van der Waals surface area contributed by atoms with Gasteiger partial charge in [0.25, 0.3) is 0 Å². The van der Waals surface area contributed by atoms with Gasteiger partial charge in [-0.05, 0) is 13.3 Å². The molecular formula is C12H19N3O3S. The molecule has 0 aliphatic rings. The zero-order valence-electron chi connectivity index (χ0n) is 11.3. The normalized spacial score (nSPS) is 13.8. The number of aromatic nitrogens is 1. The van der Waals surface area contributed by atoms with Crippen molar-refractivity contribution >= 4 is 23.2 Å². The van der Waals surface area contributed by atoms with E-state index in [0.29, 0.717) is 0 Å². The first-order chi connectivity index (χ1) is 8.93. The monoisotopic (exact) mass is 285 g/mol. The number of nitrogens with one attached hydrogen (secondary N) is 2. The number of carbonyl (C=O) groups excluding carboxylic acids is 1. The van der Waals surface area contributed by atoms with Gasteiger partial charge >= 0.3 is 5.97 Å². The topological polar surface area (TPSA) is 91.3 Å². The molecule has 0 spiro atoms. The molecule has 1 aromatic heterocycles. The number of rotatable bonds is 7. The fourth-order valence-corrected chi connectivity index (χ4v) is 2.40. The molecule has 1 amide bonds. The number of carbonyl (C=O) groups is 2. The predicted molar refractivity (Wildman–Crippen MR) is 73.2 cm³/mol. The average Bonchev–Trinajstić information content (AvgIpc) is 2.82. The smallest absolute Gasteiger partial charge is 0.327 e. The number of carboxylic acids is 1. The molecule has 0 fully saturated rings. The van der Waals surface area contributed by atoms with E-state index < -0.39 is 12.0 Å². The van der Waals surface area contributed by atoms with Crippen LogP contribution in [0, 0.1) is 0 Å². The van der Waals surface area contributed by atoms with Crippen LogP contribution in [0.3, 0.4) is 0 Å². The molecule has 0 saturated carbocycles. The van der Waals surface area contributed by atoms with Gasteiger partial charge < -0.3 is 15.7 Å². The van der Waals surface area contributed by atoms with E-state index in [9.17, 15) is 9.59 Å². The van der Waals surface area contributed by atoms with Crippen LogP contribution in [0.4, 0.5) is 0 Å². The zero-order chi connectivity index (χ0) is 14.4. The van der Waals surface area contributed by atoms with Crippen molar-refractivity contribution in [3.05, 3.63) is 16.1 Å². The number of aryl methyl sites for hydroxylation is 1. The van der Waals surface area contributed by atoms with Crippen LogP contribution in [0.25, 0.3) is 0 Å². The average molecular weight is 285 g/mol. The number of thiazole rings is 1. The van der Waals surface area contributed by atoms with E-state index in [-0.39, 0.29) is 18.5 Å². The molecule has 1 rings (SSSR count). The molecule has 106 valence electrons. The van der Waals surface area contributed by atoms with Crippen molar-refractivity contribution in [2.75, 3.05) is 6.54 Å². The Kier molecular flexibility index (Phi) is 5.91. The molecule has 6 nitrogen and oxygen atoms in total. The largest absolute Gasteiger partial charge is 0.480 e. The Morgan fingerprint density at radius 1 is 1.53 bits per heavy atom. The Balaban J connectivity index is 2.53. The molecule has 1 aromatic rings. The summed E-state index contributed by atoms with van der Waals surface area (Å²) in [6.07, 6.45) is 2.77. The van der Waals surface area contributed by atoms with Crippen molar-refractivity contribution in [2.45, 2.75) is 39.3 Å². The van der Waals surface area contributed by atoms with Gasteiger partial charge in [-0.2, -0.15) is 0 Å². The summed E-state index contributed by atoms with van der Waals surface area (Å²) in [5.41, 5.74) is 0. The van der Waals surface area contributed by atoms with Crippen molar-refractivity contribution in [2.24, 2.45) is 0 Å². The third kappa shape index (κ3) is 4.96. The fourth-order valence-electron chi connectivity index (χ4n) is 1.51. The highest BCUT2D eigenvalue weighted by Crippen LogP contribution is 2.19. The van der Waals surface area contributed by atoms with Crippen LogP contribution >= 0.6 is 11.3 Å². The molecule has 7 heteroatoms. The van der Waals surface area contributed by atoms with E-state index in [0.717, 1.165) is 11.4 Å². The minimum absolute atomic E-state index is 0.0408. The number of amides is 1. The summed E-state index contributed by atoms with van der Waals surface area (Å²) in [7, 11) is 0. The van der Waals surface area contributed by atoms with E-state index in [1.807, 2.05) is 13.1 Å². The van der Waals surface area contributed by atoms with Gasteiger partial charge in [0, 0.05) is 24.5 Å². The first-order valence-electron chi connectivity index (χ1n) is 6.12. The maximum atomic E-state index is 11.0. The number of hydrogen-bond donors (Lipinski definition) is 3. The molecule has 0 aromatic carbocycles. The SMILES string of the molecule is CCc1cnc(C(C)NCC(NC(C)=O)C(=O)O)s1. The van der Waals surface area contributed by atoms with Crippen LogP contribution in [0.2, 0.25) is 0 Å². The van der Waals surface area contributed by atoms with Gasteiger partial charge in [-0.15, -0.1) is 11.3 Å². The molecule has 0 bridgehead atoms. The molecular weight excluding hydrogens is 266 g/mol. The molecule has 0 aliphatic heterocycles. The minimum Gasteiger partial charge on any atom is -0.480 e. The first kappa shape index (κ1) is 15.6. The van der Waals surface area contributed by atoms with Crippen LogP contribution in [0.5, 0.6) is 0 Å². The molecule has 0 aliphatic carbocycles. The Hall–Kier alpha value is -1.47. The fraction of sp³-hybridized carbons (Fsp3) is 0.583. The molecule has 1 heterocycles. The Bertz CT molecular complexity index is 447. The lowest BCUT2D eigenvalue weighted by atomic mass is 10.2. The second-order valence-corrected chi connectivity index (χ2v) is 5.39. The maximum absolute atomic E-state index is 11.0.